The van der Waals surface area contributed by atoms with Crippen molar-refractivity contribution in [3.05, 3.63) is 47.7 Å². The molecule has 0 unspecified atom stereocenters. The van der Waals surface area contributed by atoms with Gasteiger partial charge in [-0.1, -0.05) is 6.07 Å². The van der Waals surface area contributed by atoms with Crippen molar-refractivity contribution in [2.75, 3.05) is 0 Å². The smallest absolute Gasteiger partial charge is 0.252 e. The predicted molar refractivity (Wildman–Crippen MR) is 76.2 cm³/mol. The van der Waals surface area contributed by atoms with E-state index in [1.165, 1.54) is 0 Å². The van der Waals surface area contributed by atoms with Crippen molar-refractivity contribution >= 4 is 5.91 Å². The number of carbonyl (C=O) groups excluding carboxylic acids is 1. The first-order valence-electron chi connectivity index (χ1n) is 6.46. The number of carbonyl (C=O) groups is 1. The van der Waals surface area contributed by atoms with E-state index in [0.717, 1.165) is 5.56 Å². The van der Waals surface area contributed by atoms with Gasteiger partial charge in [0.2, 0.25) is 0 Å². The molecule has 0 bridgehead atoms. The Hall–Kier alpha value is -2.10. The SMILES string of the molecule is CC(C)(C)NC(=O)c1ccc(-c2ccco2)cc1CF. The van der Waals surface area contributed by atoms with Gasteiger partial charge in [-0.25, -0.2) is 4.39 Å². The van der Waals surface area contributed by atoms with Crippen molar-refractivity contribution in [1.29, 1.82) is 0 Å². The van der Waals surface area contributed by atoms with Gasteiger partial charge in [0.15, 0.2) is 0 Å². The maximum Gasteiger partial charge on any atom is 0.252 e. The average molecular weight is 275 g/mol. The summed E-state index contributed by atoms with van der Waals surface area (Å²) in [5, 5.41) is 2.84. The van der Waals surface area contributed by atoms with Gasteiger partial charge in [-0.05, 0) is 50.6 Å². The summed E-state index contributed by atoms with van der Waals surface area (Å²) in [6.45, 7) is 4.97. The van der Waals surface area contributed by atoms with Gasteiger partial charge in [-0.3, -0.25) is 4.79 Å². The van der Waals surface area contributed by atoms with Crippen LogP contribution in [0, 0.1) is 0 Å². The minimum absolute atomic E-state index is 0.267. The van der Waals surface area contributed by atoms with Crippen molar-refractivity contribution in [2.24, 2.45) is 0 Å². The molecule has 2 rings (SSSR count). The lowest BCUT2D eigenvalue weighted by Gasteiger charge is -2.21. The van der Waals surface area contributed by atoms with E-state index in [1.807, 2.05) is 20.8 Å². The number of furan rings is 1. The molecule has 1 heterocycles. The molecule has 0 atom stereocenters. The Kier molecular flexibility index (Phi) is 3.93. The lowest BCUT2D eigenvalue weighted by atomic mass is 10.0. The highest BCUT2D eigenvalue weighted by Crippen LogP contribution is 2.24. The van der Waals surface area contributed by atoms with Gasteiger partial charge in [-0.15, -0.1) is 0 Å². The van der Waals surface area contributed by atoms with Gasteiger partial charge in [0.05, 0.1) is 6.26 Å². The summed E-state index contributed by atoms with van der Waals surface area (Å²) < 4.78 is 18.5. The van der Waals surface area contributed by atoms with Crippen molar-refractivity contribution in [3.63, 3.8) is 0 Å². The molecule has 3 nitrogen and oxygen atoms in total. The molecule has 1 amide bonds. The Balaban J connectivity index is 2.33. The zero-order valence-corrected chi connectivity index (χ0v) is 11.9. The van der Waals surface area contributed by atoms with Crippen LogP contribution in [0.5, 0.6) is 0 Å². The summed E-state index contributed by atoms with van der Waals surface area (Å²) >= 11 is 0. The van der Waals surface area contributed by atoms with Crippen molar-refractivity contribution in [3.8, 4) is 11.3 Å². The van der Waals surface area contributed by atoms with Crippen LogP contribution in [-0.4, -0.2) is 11.4 Å². The molecule has 20 heavy (non-hydrogen) atoms. The van der Waals surface area contributed by atoms with Gasteiger partial charge < -0.3 is 9.73 Å². The fourth-order valence-electron chi connectivity index (χ4n) is 1.93. The van der Waals surface area contributed by atoms with Gasteiger partial charge in [0, 0.05) is 16.7 Å². The van der Waals surface area contributed by atoms with Crippen LogP contribution in [-0.2, 0) is 6.67 Å². The Labute approximate surface area is 117 Å². The molecule has 0 aliphatic heterocycles. The fraction of sp³-hybridized carbons (Fsp3) is 0.312. The van der Waals surface area contributed by atoms with Crippen LogP contribution < -0.4 is 5.32 Å². The first kappa shape index (κ1) is 14.3. The quantitative estimate of drug-likeness (QED) is 0.921. The van der Waals surface area contributed by atoms with Crippen LogP contribution in [0.1, 0.15) is 36.7 Å². The van der Waals surface area contributed by atoms with Crippen LogP contribution in [0.2, 0.25) is 0 Å². The second kappa shape index (κ2) is 5.49. The van der Waals surface area contributed by atoms with Gasteiger partial charge in [0.25, 0.3) is 5.91 Å². The summed E-state index contributed by atoms with van der Waals surface area (Å²) in [7, 11) is 0. The largest absolute Gasteiger partial charge is 0.464 e. The molecule has 1 N–H and O–H groups in total. The molecule has 0 aliphatic rings. The first-order chi connectivity index (χ1) is 9.40. The van der Waals surface area contributed by atoms with E-state index in [9.17, 15) is 9.18 Å². The van der Waals surface area contributed by atoms with Gasteiger partial charge in [-0.2, -0.15) is 0 Å². The number of alkyl halides is 1. The Bertz CT molecular complexity index is 597. The topological polar surface area (TPSA) is 42.2 Å². The van der Waals surface area contributed by atoms with Crippen LogP contribution >= 0.6 is 0 Å². The van der Waals surface area contributed by atoms with Crippen molar-refractivity contribution in [1.82, 2.24) is 5.32 Å². The number of benzene rings is 1. The highest BCUT2D eigenvalue weighted by atomic mass is 19.1. The third kappa shape index (κ3) is 3.26. The summed E-state index contributed by atoms with van der Waals surface area (Å²) in [6, 6.07) is 8.61. The number of nitrogens with one attached hydrogen (secondary N) is 1. The van der Waals surface area contributed by atoms with Crippen LogP contribution in [0.25, 0.3) is 11.3 Å². The summed E-state index contributed by atoms with van der Waals surface area (Å²) in [5.41, 5.74) is 1.12. The minimum atomic E-state index is -0.693. The maximum atomic E-state index is 13.2. The molecule has 0 saturated heterocycles. The summed E-state index contributed by atoms with van der Waals surface area (Å²) in [6.07, 6.45) is 1.56. The van der Waals surface area contributed by atoms with E-state index in [-0.39, 0.29) is 11.4 Å². The molecule has 0 spiro atoms. The van der Waals surface area contributed by atoms with Gasteiger partial charge >= 0.3 is 0 Å². The van der Waals surface area contributed by atoms with E-state index >= 15 is 0 Å². The number of hydrogen-bond acceptors (Lipinski definition) is 2. The molecule has 106 valence electrons. The highest BCUT2D eigenvalue weighted by Gasteiger charge is 2.18. The Morgan fingerprint density at radius 2 is 2.05 bits per heavy atom. The lowest BCUT2D eigenvalue weighted by molar-refractivity contribution is 0.0918. The van der Waals surface area contributed by atoms with E-state index < -0.39 is 6.67 Å². The van der Waals surface area contributed by atoms with Gasteiger partial charge in [0.1, 0.15) is 12.4 Å². The molecule has 4 heteroatoms. The lowest BCUT2D eigenvalue weighted by Crippen LogP contribution is -2.40. The Morgan fingerprint density at radius 3 is 2.60 bits per heavy atom. The number of amides is 1. The zero-order valence-electron chi connectivity index (χ0n) is 11.9. The molecule has 0 radical (unpaired) electrons. The van der Waals surface area contributed by atoms with E-state index in [4.69, 9.17) is 4.42 Å². The third-order valence-electron chi connectivity index (χ3n) is 2.79. The Morgan fingerprint density at radius 1 is 1.30 bits per heavy atom. The normalized spacial score (nSPS) is 11.4. The zero-order chi connectivity index (χ0) is 14.8. The van der Waals surface area contributed by atoms with E-state index in [0.29, 0.717) is 16.9 Å². The summed E-state index contributed by atoms with van der Waals surface area (Å²) in [4.78, 5) is 12.1. The first-order valence-corrected chi connectivity index (χ1v) is 6.46. The highest BCUT2D eigenvalue weighted by molar-refractivity contribution is 5.96. The van der Waals surface area contributed by atoms with Crippen molar-refractivity contribution < 1.29 is 13.6 Å². The number of rotatable bonds is 3. The predicted octanol–water partition coefficient (Wildman–Crippen LogP) is 3.94. The molecule has 1 aromatic heterocycles. The van der Waals surface area contributed by atoms with Crippen LogP contribution in [0.3, 0.4) is 0 Å². The molecule has 0 aliphatic carbocycles. The fourth-order valence-corrected chi connectivity index (χ4v) is 1.93. The monoisotopic (exact) mass is 275 g/mol. The molecule has 0 fully saturated rings. The molecular weight excluding hydrogens is 257 g/mol. The second-order valence-electron chi connectivity index (χ2n) is 5.69. The van der Waals surface area contributed by atoms with E-state index in [1.54, 1.807) is 36.6 Å². The maximum absolute atomic E-state index is 13.2. The minimum Gasteiger partial charge on any atom is -0.464 e. The van der Waals surface area contributed by atoms with Crippen molar-refractivity contribution in [2.45, 2.75) is 33.0 Å². The third-order valence-corrected chi connectivity index (χ3v) is 2.79. The average Bonchev–Trinajstić information content (AvgIpc) is 2.89. The van der Waals surface area contributed by atoms with Crippen LogP contribution in [0.4, 0.5) is 4.39 Å². The van der Waals surface area contributed by atoms with E-state index in [2.05, 4.69) is 5.32 Å². The van der Waals surface area contributed by atoms with Crippen LogP contribution in [0.15, 0.2) is 41.0 Å². The number of hydrogen-bond donors (Lipinski definition) is 1. The molecule has 1 aromatic carbocycles. The molecule has 0 saturated carbocycles. The standard InChI is InChI=1S/C16H18FNO2/c1-16(2,3)18-15(19)13-7-6-11(9-12(13)10-17)14-5-4-8-20-14/h4-9H,10H2,1-3H3,(H,18,19). The number of halogens is 1. The molecular formula is C16H18FNO2. The summed E-state index contributed by atoms with van der Waals surface area (Å²) in [5.74, 6) is 0.388. The molecule has 2 aromatic rings. The second-order valence-corrected chi connectivity index (χ2v) is 5.69.